The number of nitro benzene ring substituents is 1. The highest BCUT2D eigenvalue weighted by molar-refractivity contribution is 7.93. The lowest BCUT2D eigenvalue weighted by atomic mass is 9.96. The van der Waals surface area contributed by atoms with Gasteiger partial charge in [0, 0.05) is 12.1 Å². The fourth-order valence-corrected chi connectivity index (χ4v) is 6.50. The second-order valence-electron chi connectivity index (χ2n) is 8.02. The number of aromatic nitrogens is 3. The van der Waals surface area contributed by atoms with Crippen molar-refractivity contribution in [2.45, 2.75) is 42.7 Å². The van der Waals surface area contributed by atoms with E-state index in [2.05, 4.69) is 15.0 Å². The van der Waals surface area contributed by atoms with E-state index in [4.69, 9.17) is 4.74 Å². The number of fused-ring (bicyclic) bond motifs is 1. The third-order valence-corrected chi connectivity index (χ3v) is 8.80. The molecule has 3 heterocycles. The largest absolute Gasteiger partial charge is 0.464 e. The van der Waals surface area contributed by atoms with Crippen LogP contribution in [-0.2, 0) is 42.1 Å². The Bertz CT molecular complexity index is 1290. The Morgan fingerprint density at radius 1 is 1.29 bits per heavy atom. The Morgan fingerprint density at radius 3 is 2.56 bits per heavy atom. The molecule has 0 bridgehead atoms. The molecular weight excluding hydrogens is 474 g/mol. The number of ether oxygens (including phenoxy) is 2. The molecule has 2 fully saturated rings. The van der Waals surface area contributed by atoms with Gasteiger partial charge in [0.2, 0.25) is 5.91 Å². The molecule has 2 aliphatic rings. The number of nitrogens with zero attached hydrogens (tertiary/aromatic N) is 5. The van der Waals surface area contributed by atoms with E-state index in [1.165, 1.54) is 31.2 Å². The number of amides is 1. The van der Waals surface area contributed by atoms with Crippen molar-refractivity contribution in [3.05, 3.63) is 51.8 Å². The molecule has 0 aliphatic carbocycles. The van der Waals surface area contributed by atoms with Crippen molar-refractivity contribution in [2.24, 2.45) is 0 Å². The van der Waals surface area contributed by atoms with Gasteiger partial charge in [0.1, 0.15) is 16.7 Å². The highest BCUT2D eigenvalue weighted by Crippen LogP contribution is 2.47. The zero-order valence-corrected chi connectivity index (χ0v) is 18.8. The minimum atomic E-state index is -4.09. The summed E-state index contributed by atoms with van der Waals surface area (Å²) in [4.78, 5) is 48.6. The molecule has 4 rings (SSSR count). The van der Waals surface area contributed by atoms with Crippen molar-refractivity contribution < 1.29 is 37.2 Å². The van der Waals surface area contributed by atoms with Crippen LogP contribution in [0.1, 0.15) is 29.4 Å². The number of β-lactam (4-membered cyclic amide) rings is 1. The standard InChI is InChI=1S/C19H19N5O9S/c1-19(10-22-13(8-20-21-22)17(26)32-2)16(23-14(25)7-15(23)34(19,30)31)18(27)33-9-11-3-5-12(6-4-11)24(28)29/h3-6,8,15-16H,7,9-10H2,1-2H3/t15-,16+,19+/m1/s1. The average molecular weight is 493 g/mol. The van der Waals surface area contributed by atoms with Crippen LogP contribution >= 0.6 is 0 Å². The quantitative estimate of drug-likeness (QED) is 0.216. The maximum Gasteiger partial charge on any atom is 0.358 e. The van der Waals surface area contributed by atoms with E-state index in [1.807, 2.05) is 0 Å². The van der Waals surface area contributed by atoms with Crippen molar-refractivity contribution in [1.82, 2.24) is 19.9 Å². The number of carbonyl (C=O) groups excluding carboxylic acids is 3. The van der Waals surface area contributed by atoms with Crippen molar-refractivity contribution >= 4 is 33.4 Å². The first-order valence-corrected chi connectivity index (χ1v) is 11.5. The third-order valence-electron chi connectivity index (χ3n) is 6.04. The van der Waals surface area contributed by atoms with E-state index in [0.717, 1.165) is 22.9 Å². The SMILES string of the molecule is COC(=O)c1cnnn1C[C@@]1(C)[C@H](C(=O)OCc2ccc([N+](=O)[O-])cc2)N2C(=O)C[C@H]2S1(=O)=O. The van der Waals surface area contributed by atoms with Crippen LogP contribution in [-0.4, -0.2) is 74.4 Å². The van der Waals surface area contributed by atoms with Crippen LogP contribution in [0.5, 0.6) is 0 Å². The molecule has 1 aromatic heterocycles. The van der Waals surface area contributed by atoms with E-state index in [9.17, 15) is 32.9 Å². The predicted octanol–water partition coefficient (Wildman–Crippen LogP) is -0.170. The lowest BCUT2D eigenvalue weighted by molar-refractivity contribution is -0.384. The monoisotopic (exact) mass is 493 g/mol. The number of esters is 2. The van der Waals surface area contributed by atoms with Gasteiger partial charge in [0.15, 0.2) is 21.6 Å². The molecule has 0 N–H and O–H groups in total. The molecule has 34 heavy (non-hydrogen) atoms. The summed E-state index contributed by atoms with van der Waals surface area (Å²) in [6.07, 6.45) is 0.823. The number of rotatable bonds is 7. The highest BCUT2D eigenvalue weighted by Gasteiger charge is 2.70. The van der Waals surface area contributed by atoms with Crippen molar-refractivity contribution in [3.8, 4) is 0 Å². The van der Waals surface area contributed by atoms with Gasteiger partial charge in [-0.1, -0.05) is 5.21 Å². The topological polar surface area (TPSA) is 181 Å². The Balaban J connectivity index is 1.62. The fraction of sp³-hybridized carbons (Fsp3) is 0.421. The van der Waals surface area contributed by atoms with Crippen molar-refractivity contribution in [3.63, 3.8) is 0 Å². The molecule has 2 aliphatic heterocycles. The van der Waals surface area contributed by atoms with E-state index in [0.29, 0.717) is 5.56 Å². The van der Waals surface area contributed by atoms with E-state index >= 15 is 0 Å². The molecule has 0 saturated carbocycles. The first-order valence-electron chi connectivity index (χ1n) is 9.92. The summed E-state index contributed by atoms with van der Waals surface area (Å²) >= 11 is 0. The molecule has 180 valence electrons. The van der Waals surface area contributed by atoms with Crippen LogP contribution in [0.25, 0.3) is 0 Å². The van der Waals surface area contributed by atoms with Gasteiger partial charge in [-0.15, -0.1) is 5.10 Å². The number of non-ortho nitro benzene ring substituents is 1. The minimum absolute atomic E-state index is 0.127. The molecule has 0 spiro atoms. The molecule has 0 radical (unpaired) electrons. The normalized spacial score (nSPS) is 24.8. The molecule has 15 heteroatoms. The van der Waals surface area contributed by atoms with E-state index in [-0.39, 0.29) is 24.4 Å². The van der Waals surface area contributed by atoms with Crippen LogP contribution in [0.15, 0.2) is 30.5 Å². The zero-order chi connectivity index (χ0) is 24.8. The molecule has 0 unspecified atom stereocenters. The maximum absolute atomic E-state index is 13.3. The smallest absolute Gasteiger partial charge is 0.358 e. The van der Waals surface area contributed by atoms with Gasteiger partial charge in [-0.3, -0.25) is 14.9 Å². The number of carbonyl (C=O) groups is 3. The minimum Gasteiger partial charge on any atom is -0.464 e. The summed E-state index contributed by atoms with van der Waals surface area (Å²) in [5.74, 6) is -2.30. The number of sulfone groups is 1. The first-order chi connectivity index (χ1) is 16.0. The van der Waals surface area contributed by atoms with E-state index in [1.54, 1.807) is 0 Å². The summed E-state index contributed by atoms with van der Waals surface area (Å²) in [5, 5.41) is 17.0. The molecule has 1 amide bonds. The summed E-state index contributed by atoms with van der Waals surface area (Å²) in [6, 6.07) is 3.76. The summed E-state index contributed by atoms with van der Waals surface area (Å²) < 4.78 is 35.8. The zero-order valence-electron chi connectivity index (χ0n) is 18.0. The third kappa shape index (κ3) is 3.48. The van der Waals surface area contributed by atoms with Gasteiger partial charge in [0.25, 0.3) is 5.69 Å². The van der Waals surface area contributed by atoms with Gasteiger partial charge < -0.3 is 14.4 Å². The van der Waals surface area contributed by atoms with Gasteiger partial charge >= 0.3 is 11.9 Å². The summed E-state index contributed by atoms with van der Waals surface area (Å²) in [7, 11) is -2.95. The van der Waals surface area contributed by atoms with Crippen LogP contribution < -0.4 is 0 Å². The fourth-order valence-electron chi connectivity index (χ4n) is 4.15. The lowest BCUT2D eigenvalue weighted by Crippen LogP contribution is -2.58. The molecule has 1 aromatic carbocycles. The number of methoxy groups -OCH3 is 1. The molecule has 2 saturated heterocycles. The van der Waals surface area contributed by atoms with Gasteiger partial charge in [-0.05, 0) is 24.6 Å². The predicted molar refractivity (Wildman–Crippen MR) is 111 cm³/mol. The highest BCUT2D eigenvalue weighted by atomic mass is 32.2. The van der Waals surface area contributed by atoms with Crippen LogP contribution in [0.3, 0.4) is 0 Å². The van der Waals surface area contributed by atoms with E-state index < -0.39 is 55.3 Å². The summed E-state index contributed by atoms with van der Waals surface area (Å²) in [6.45, 7) is 0.526. The second kappa shape index (κ2) is 8.16. The molecule has 14 nitrogen and oxygen atoms in total. The second-order valence-corrected chi connectivity index (χ2v) is 10.6. The number of hydrogen-bond acceptors (Lipinski definition) is 11. The number of nitro groups is 1. The van der Waals surface area contributed by atoms with Gasteiger partial charge in [0.05, 0.1) is 31.2 Å². The van der Waals surface area contributed by atoms with Crippen LogP contribution in [0.4, 0.5) is 5.69 Å². The Labute approximate surface area is 192 Å². The van der Waals surface area contributed by atoms with Crippen molar-refractivity contribution in [2.75, 3.05) is 7.11 Å². The van der Waals surface area contributed by atoms with Crippen LogP contribution in [0.2, 0.25) is 0 Å². The Hall–Kier alpha value is -3.88. The maximum atomic E-state index is 13.3. The van der Waals surface area contributed by atoms with Crippen molar-refractivity contribution in [1.29, 1.82) is 0 Å². The van der Waals surface area contributed by atoms with Crippen LogP contribution in [0, 0.1) is 10.1 Å². The summed E-state index contributed by atoms with van der Waals surface area (Å²) in [5.41, 5.74) is 0.155. The molecule has 2 aromatic rings. The number of hydrogen-bond donors (Lipinski definition) is 0. The Morgan fingerprint density at radius 2 is 1.97 bits per heavy atom. The molecule has 3 atom stereocenters. The first kappa shape index (κ1) is 23.3. The average Bonchev–Trinajstić information content (AvgIpc) is 3.30. The number of benzene rings is 1. The van der Waals surface area contributed by atoms with Gasteiger partial charge in [-0.25, -0.2) is 22.7 Å². The van der Waals surface area contributed by atoms with Gasteiger partial charge in [-0.2, -0.15) is 0 Å². The lowest BCUT2D eigenvalue weighted by Gasteiger charge is -2.36. The Kier molecular flexibility index (Phi) is 5.59. The molecular formula is C19H19N5O9S.